The van der Waals surface area contributed by atoms with Crippen LogP contribution in [-0.4, -0.2) is 0 Å². The Kier molecular flexibility index (Phi) is 6.63. The van der Waals surface area contributed by atoms with Crippen molar-refractivity contribution in [2.75, 3.05) is 4.90 Å². The van der Waals surface area contributed by atoms with E-state index in [1.807, 2.05) is 34.8 Å². The van der Waals surface area contributed by atoms with Crippen molar-refractivity contribution in [3.8, 4) is 22.3 Å². The smallest absolute Gasteiger partial charge is 0.143 e. The topological polar surface area (TPSA) is 16.4 Å². The Morgan fingerprint density at radius 2 is 1.04 bits per heavy atom. The highest BCUT2D eigenvalue weighted by Gasteiger charge is 2.20. The fraction of sp³-hybridized carbons (Fsp3) is 0. The Morgan fingerprint density at radius 1 is 0.385 bits per heavy atom. The van der Waals surface area contributed by atoms with Gasteiger partial charge in [0, 0.05) is 63.4 Å². The zero-order chi connectivity index (χ0) is 34.2. The highest BCUT2D eigenvalue weighted by molar-refractivity contribution is 7.26. The minimum atomic E-state index is 0.908. The monoisotopic (exact) mass is 699 g/mol. The lowest BCUT2D eigenvalue weighted by Crippen LogP contribution is -2.10. The molecule has 0 saturated carbocycles. The van der Waals surface area contributed by atoms with Crippen molar-refractivity contribution in [1.82, 2.24) is 0 Å². The molecule has 0 aliphatic heterocycles. The minimum Gasteiger partial charge on any atom is -0.455 e. The summed E-state index contributed by atoms with van der Waals surface area (Å²) in [7, 11) is 0. The Bertz CT molecular complexity index is 3150. The van der Waals surface area contributed by atoms with Gasteiger partial charge in [0.1, 0.15) is 11.2 Å². The van der Waals surface area contributed by atoms with Crippen molar-refractivity contribution in [2.45, 2.75) is 0 Å². The predicted molar refractivity (Wildman–Crippen MR) is 225 cm³/mol. The van der Waals surface area contributed by atoms with Crippen molar-refractivity contribution in [2.24, 2.45) is 0 Å². The summed E-state index contributed by atoms with van der Waals surface area (Å²) in [5.74, 6) is 0. The van der Waals surface area contributed by atoms with E-state index in [2.05, 4.69) is 169 Å². The molecule has 4 heteroatoms. The molecule has 0 radical (unpaired) electrons. The van der Waals surface area contributed by atoms with E-state index in [-0.39, 0.29) is 0 Å². The van der Waals surface area contributed by atoms with Crippen LogP contribution in [0.2, 0.25) is 0 Å². The zero-order valence-electron chi connectivity index (χ0n) is 27.9. The van der Waals surface area contributed by atoms with Crippen LogP contribution in [-0.2, 0) is 0 Å². The van der Waals surface area contributed by atoms with Gasteiger partial charge in [0.05, 0.1) is 10.4 Å². The fourth-order valence-electron chi connectivity index (χ4n) is 7.83. The van der Waals surface area contributed by atoms with Gasteiger partial charge in [0.2, 0.25) is 0 Å². The maximum Gasteiger partial charge on any atom is 0.143 e. The number of fused-ring (bicyclic) bond motifs is 9. The molecule has 11 aromatic rings. The third-order valence-electron chi connectivity index (χ3n) is 10.3. The van der Waals surface area contributed by atoms with E-state index in [1.54, 1.807) is 0 Å². The molecule has 3 heterocycles. The number of para-hydroxylation sites is 2. The molecule has 0 spiro atoms. The number of hydrogen-bond acceptors (Lipinski definition) is 4. The minimum absolute atomic E-state index is 0.908. The van der Waals surface area contributed by atoms with E-state index in [0.717, 1.165) is 50.1 Å². The molecular formula is C48H29NOS2. The van der Waals surface area contributed by atoms with Crippen molar-refractivity contribution in [1.29, 1.82) is 0 Å². The molecule has 0 bridgehead atoms. The van der Waals surface area contributed by atoms with Gasteiger partial charge >= 0.3 is 0 Å². The third kappa shape index (κ3) is 4.62. The summed E-state index contributed by atoms with van der Waals surface area (Å²) in [6, 6.07) is 63.7. The summed E-state index contributed by atoms with van der Waals surface area (Å²) in [6.45, 7) is 0. The predicted octanol–water partition coefficient (Wildman–Crippen LogP) is 15.1. The number of nitrogens with zero attached hydrogens (tertiary/aromatic N) is 1. The van der Waals surface area contributed by atoms with E-state index in [9.17, 15) is 0 Å². The molecule has 0 unspecified atom stereocenters. The number of thiophene rings is 2. The third-order valence-corrected chi connectivity index (χ3v) is 12.6. The summed E-state index contributed by atoms with van der Waals surface area (Å²) in [4.78, 5) is 2.42. The molecule has 0 fully saturated rings. The highest BCUT2D eigenvalue weighted by atomic mass is 32.1. The normalized spacial score (nSPS) is 11.8. The molecule has 0 atom stereocenters. The summed E-state index contributed by atoms with van der Waals surface area (Å²) < 4.78 is 11.7. The van der Waals surface area contributed by atoms with Gasteiger partial charge < -0.3 is 9.32 Å². The van der Waals surface area contributed by atoms with Crippen LogP contribution in [0.3, 0.4) is 0 Å². The maximum atomic E-state index is 6.49. The van der Waals surface area contributed by atoms with Gasteiger partial charge in [-0.3, -0.25) is 0 Å². The van der Waals surface area contributed by atoms with Crippen LogP contribution in [0.15, 0.2) is 180 Å². The first-order valence-corrected chi connectivity index (χ1v) is 19.1. The van der Waals surface area contributed by atoms with Gasteiger partial charge in [0.15, 0.2) is 0 Å². The number of furan rings is 1. The van der Waals surface area contributed by atoms with Crippen LogP contribution >= 0.6 is 22.7 Å². The fourth-order valence-corrected chi connectivity index (χ4v) is 10.2. The molecule has 11 rings (SSSR count). The van der Waals surface area contributed by atoms with Gasteiger partial charge in [-0.05, 0) is 71.3 Å². The molecule has 8 aromatic carbocycles. The number of hydrogen-bond donors (Lipinski definition) is 0. The second-order valence-corrected chi connectivity index (χ2v) is 15.4. The first kappa shape index (κ1) is 29.5. The Labute approximate surface area is 308 Å². The SMILES string of the molecule is c1cc(-c2cccc3c2oc2ccccc23)cc(N(c2ccc(-c3ccc4c(c3)sc3ccccc34)cc2)c2cccc3c2sc2ccccc23)c1. The van der Waals surface area contributed by atoms with Gasteiger partial charge in [-0.15, -0.1) is 22.7 Å². The zero-order valence-corrected chi connectivity index (χ0v) is 29.5. The summed E-state index contributed by atoms with van der Waals surface area (Å²) in [5, 5.41) is 7.49. The molecule has 2 nitrogen and oxygen atoms in total. The molecule has 0 N–H and O–H groups in total. The summed E-state index contributed by atoms with van der Waals surface area (Å²) in [5.41, 5.74) is 9.82. The average Bonchev–Trinajstić information content (AvgIpc) is 3.90. The molecule has 0 amide bonds. The van der Waals surface area contributed by atoms with Crippen molar-refractivity contribution >= 4 is 102 Å². The van der Waals surface area contributed by atoms with E-state index in [0.29, 0.717) is 0 Å². The van der Waals surface area contributed by atoms with Crippen LogP contribution in [0.4, 0.5) is 17.1 Å². The van der Waals surface area contributed by atoms with E-state index >= 15 is 0 Å². The average molecular weight is 700 g/mol. The first-order valence-electron chi connectivity index (χ1n) is 17.5. The van der Waals surface area contributed by atoms with Crippen LogP contribution < -0.4 is 4.90 Å². The van der Waals surface area contributed by atoms with Crippen molar-refractivity contribution in [3.05, 3.63) is 176 Å². The van der Waals surface area contributed by atoms with Crippen LogP contribution in [0.5, 0.6) is 0 Å². The highest BCUT2D eigenvalue weighted by Crippen LogP contribution is 2.46. The quantitative estimate of drug-likeness (QED) is 0.178. The second kappa shape index (κ2) is 11.7. The standard InChI is InChI=1S/C48H29NOS2/c1-4-19-43-36(12-1)40-16-8-15-35(47(40)50-43)32-10-7-11-34(28-32)49(42-18-9-17-41-38-14-3-6-21-45(38)52-48(41)42)33-25-22-30(23-26-33)31-24-27-39-37-13-2-5-20-44(37)51-46(39)29-31/h1-29H. The molecule has 0 aliphatic rings. The van der Waals surface area contributed by atoms with Gasteiger partial charge in [-0.1, -0.05) is 121 Å². The van der Waals surface area contributed by atoms with E-state index < -0.39 is 0 Å². The van der Waals surface area contributed by atoms with Gasteiger partial charge in [-0.2, -0.15) is 0 Å². The summed E-state index contributed by atoms with van der Waals surface area (Å²) in [6.07, 6.45) is 0. The van der Waals surface area contributed by atoms with Crippen molar-refractivity contribution in [3.63, 3.8) is 0 Å². The van der Waals surface area contributed by atoms with E-state index in [1.165, 1.54) is 51.5 Å². The molecule has 0 aliphatic carbocycles. The molecular weight excluding hydrogens is 671 g/mol. The van der Waals surface area contributed by atoms with Crippen LogP contribution in [0.25, 0.3) is 84.5 Å². The first-order chi connectivity index (χ1) is 25.8. The number of benzene rings is 8. The Balaban J connectivity index is 1.07. The number of anilines is 3. The number of rotatable bonds is 5. The lowest BCUT2D eigenvalue weighted by molar-refractivity contribution is 0.670. The lowest BCUT2D eigenvalue weighted by atomic mass is 10.0. The summed E-state index contributed by atoms with van der Waals surface area (Å²) >= 11 is 3.72. The van der Waals surface area contributed by atoms with Crippen LogP contribution in [0, 0.1) is 0 Å². The molecule has 3 aromatic heterocycles. The molecule has 244 valence electrons. The van der Waals surface area contributed by atoms with Crippen molar-refractivity contribution < 1.29 is 4.42 Å². The Morgan fingerprint density at radius 3 is 1.90 bits per heavy atom. The molecule has 0 saturated heterocycles. The maximum absolute atomic E-state index is 6.49. The lowest BCUT2D eigenvalue weighted by Gasteiger charge is -2.27. The van der Waals surface area contributed by atoms with Crippen LogP contribution in [0.1, 0.15) is 0 Å². The second-order valence-electron chi connectivity index (χ2n) is 13.3. The molecule has 52 heavy (non-hydrogen) atoms. The van der Waals surface area contributed by atoms with Gasteiger partial charge in [-0.25, -0.2) is 0 Å². The largest absolute Gasteiger partial charge is 0.455 e. The Hall–Kier alpha value is -6.20. The van der Waals surface area contributed by atoms with E-state index in [4.69, 9.17) is 4.42 Å². The van der Waals surface area contributed by atoms with Gasteiger partial charge in [0.25, 0.3) is 0 Å².